The van der Waals surface area contributed by atoms with Gasteiger partial charge in [0.05, 0.1) is 24.5 Å². The summed E-state index contributed by atoms with van der Waals surface area (Å²) in [5.74, 6) is -1.20. The fourth-order valence-corrected chi connectivity index (χ4v) is 3.86. The lowest BCUT2D eigenvalue weighted by atomic mass is 10.2. The number of fused-ring (bicyclic) bond motifs is 1. The molecule has 0 saturated carbocycles. The van der Waals surface area contributed by atoms with Gasteiger partial charge in [-0.3, -0.25) is 18.7 Å². The van der Waals surface area contributed by atoms with Gasteiger partial charge in [0, 0.05) is 16.7 Å². The van der Waals surface area contributed by atoms with E-state index in [-0.39, 0.29) is 46.2 Å². The minimum atomic E-state index is -0.711. The van der Waals surface area contributed by atoms with E-state index in [9.17, 15) is 14.0 Å². The van der Waals surface area contributed by atoms with Gasteiger partial charge in [0.1, 0.15) is 23.6 Å². The van der Waals surface area contributed by atoms with E-state index in [4.69, 9.17) is 9.47 Å². The van der Waals surface area contributed by atoms with Crippen molar-refractivity contribution in [1.29, 1.82) is 0 Å². The Labute approximate surface area is 184 Å². The summed E-state index contributed by atoms with van der Waals surface area (Å²) in [6.07, 6.45) is 1.07. The maximum Gasteiger partial charge on any atom is 0.264 e. The van der Waals surface area contributed by atoms with Crippen LogP contribution < -0.4 is 16.4 Å². The molecule has 0 spiro atoms. The fourth-order valence-electron chi connectivity index (χ4n) is 3.40. The van der Waals surface area contributed by atoms with Crippen molar-refractivity contribution in [3.63, 3.8) is 0 Å². The molecule has 1 N–H and O–H groups in total. The average Bonchev–Trinajstić information content (AvgIpc) is 3.01. The third-order valence-corrected chi connectivity index (χ3v) is 5.54. The number of aromatic nitrogens is 3. The van der Waals surface area contributed by atoms with Crippen LogP contribution in [0.5, 0.6) is 0 Å². The Kier molecular flexibility index (Phi) is 5.41. The third kappa shape index (κ3) is 3.98. The first kappa shape index (κ1) is 20.9. The molecule has 0 bridgehead atoms. The van der Waals surface area contributed by atoms with E-state index in [0.717, 1.165) is 3.57 Å². The van der Waals surface area contributed by atoms with Gasteiger partial charge in [0.2, 0.25) is 0 Å². The molecular weight excluding hydrogens is 506 g/mol. The first-order valence-corrected chi connectivity index (χ1v) is 10.4. The molecule has 4 rings (SSSR count). The van der Waals surface area contributed by atoms with Crippen molar-refractivity contribution < 1.29 is 13.9 Å². The van der Waals surface area contributed by atoms with Gasteiger partial charge in [-0.2, -0.15) is 0 Å². The molecule has 0 radical (unpaired) electrons. The number of nitrogens with one attached hydrogen (secondary N) is 1. The second-order valence-electron chi connectivity index (χ2n) is 7.56. The SMILES string of the molecule is Cn1c(=O)cc(Nc2ccc(I)cc2F)c2c(=O)n(CC3COC(C)(C)O3)cnc21. The summed E-state index contributed by atoms with van der Waals surface area (Å²) in [6, 6.07) is 5.92. The Hall–Kier alpha value is -2.31. The molecule has 10 heteroatoms. The van der Waals surface area contributed by atoms with E-state index in [2.05, 4.69) is 10.3 Å². The average molecular weight is 526 g/mol. The zero-order valence-corrected chi connectivity index (χ0v) is 18.8. The molecule has 1 fully saturated rings. The molecule has 1 aliphatic rings. The van der Waals surface area contributed by atoms with Crippen LogP contribution in [-0.2, 0) is 23.1 Å². The highest BCUT2D eigenvalue weighted by Crippen LogP contribution is 2.25. The first-order chi connectivity index (χ1) is 14.1. The number of benzene rings is 1. The van der Waals surface area contributed by atoms with Gasteiger partial charge >= 0.3 is 0 Å². The van der Waals surface area contributed by atoms with E-state index in [1.54, 1.807) is 12.1 Å². The molecule has 1 unspecified atom stereocenters. The van der Waals surface area contributed by atoms with Gasteiger partial charge in [-0.05, 0) is 54.6 Å². The van der Waals surface area contributed by atoms with Crippen molar-refractivity contribution in [2.75, 3.05) is 11.9 Å². The Bertz CT molecular complexity index is 1250. The standard InChI is InChI=1S/C20H20FIN4O4/c1-20(2)29-9-12(30-20)8-26-10-23-18-17(19(26)28)15(7-16(27)25(18)3)24-14-5-4-11(22)6-13(14)21/h4-7,10,12,24H,8-9H2,1-3H3. The van der Waals surface area contributed by atoms with Crippen molar-refractivity contribution in [3.8, 4) is 0 Å². The van der Waals surface area contributed by atoms with Gasteiger partial charge in [-0.25, -0.2) is 9.37 Å². The molecular formula is C20H20FIN4O4. The molecule has 0 amide bonds. The van der Waals surface area contributed by atoms with Gasteiger partial charge in [-0.15, -0.1) is 0 Å². The fraction of sp³-hybridized carbons (Fsp3) is 0.350. The number of halogens is 2. The maximum atomic E-state index is 14.4. The Balaban J connectivity index is 1.80. The molecule has 158 valence electrons. The van der Waals surface area contributed by atoms with Crippen LogP contribution in [0.3, 0.4) is 0 Å². The summed E-state index contributed by atoms with van der Waals surface area (Å²) in [7, 11) is 1.53. The molecule has 2 aromatic heterocycles. The summed E-state index contributed by atoms with van der Waals surface area (Å²) in [5, 5.41) is 3.07. The molecule has 1 saturated heterocycles. The predicted molar refractivity (Wildman–Crippen MR) is 119 cm³/mol. The van der Waals surface area contributed by atoms with E-state index in [1.165, 1.54) is 34.6 Å². The van der Waals surface area contributed by atoms with Crippen LogP contribution in [0.1, 0.15) is 13.8 Å². The molecule has 8 nitrogen and oxygen atoms in total. The van der Waals surface area contributed by atoms with Crippen molar-refractivity contribution in [2.24, 2.45) is 7.05 Å². The second-order valence-corrected chi connectivity index (χ2v) is 8.80. The zero-order valence-electron chi connectivity index (χ0n) is 16.6. The van der Waals surface area contributed by atoms with Crippen LogP contribution in [0.15, 0.2) is 40.2 Å². The minimum absolute atomic E-state index is 0.161. The smallest absolute Gasteiger partial charge is 0.264 e. The first-order valence-electron chi connectivity index (χ1n) is 9.27. The van der Waals surface area contributed by atoms with Crippen LogP contribution in [-0.4, -0.2) is 32.6 Å². The van der Waals surface area contributed by atoms with Crippen molar-refractivity contribution in [3.05, 3.63) is 60.7 Å². The van der Waals surface area contributed by atoms with E-state index >= 15 is 0 Å². The van der Waals surface area contributed by atoms with E-state index in [1.807, 2.05) is 36.4 Å². The summed E-state index contributed by atoms with van der Waals surface area (Å²) >= 11 is 2.01. The Morgan fingerprint density at radius 2 is 2.07 bits per heavy atom. The minimum Gasteiger partial charge on any atom is -0.352 e. The van der Waals surface area contributed by atoms with Gasteiger partial charge in [0.25, 0.3) is 11.1 Å². The molecule has 3 heterocycles. The van der Waals surface area contributed by atoms with Crippen molar-refractivity contribution in [1.82, 2.24) is 14.1 Å². The summed E-state index contributed by atoms with van der Waals surface area (Å²) < 4.78 is 29.1. The third-order valence-electron chi connectivity index (χ3n) is 4.87. The number of nitrogens with zero attached hydrogens (tertiary/aromatic N) is 3. The van der Waals surface area contributed by atoms with Crippen LogP contribution in [0.4, 0.5) is 15.8 Å². The van der Waals surface area contributed by atoms with Gasteiger partial charge < -0.3 is 14.8 Å². The Morgan fingerprint density at radius 3 is 2.73 bits per heavy atom. The van der Waals surface area contributed by atoms with Crippen LogP contribution in [0.25, 0.3) is 11.0 Å². The second kappa shape index (κ2) is 7.75. The van der Waals surface area contributed by atoms with Crippen molar-refractivity contribution in [2.45, 2.75) is 32.3 Å². The lowest BCUT2D eigenvalue weighted by Gasteiger charge is -2.18. The highest BCUT2D eigenvalue weighted by Gasteiger charge is 2.33. The summed E-state index contributed by atoms with van der Waals surface area (Å²) in [4.78, 5) is 30.0. The number of anilines is 2. The Morgan fingerprint density at radius 1 is 1.30 bits per heavy atom. The molecule has 1 aliphatic heterocycles. The van der Waals surface area contributed by atoms with Crippen LogP contribution in [0.2, 0.25) is 0 Å². The number of hydrogen-bond donors (Lipinski definition) is 1. The molecule has 1 atom stereocenters. The topological polar surface area (TPSA) is 87.4 Å². The quantitative estimate of drug-likeness (QED) is 0.527. The summed E-state index contributed by atoms with van der Waals surface area (Å²) in [6.45, 7) is 4.21. The lowest BCUT2D eigenvalue weighted by molar-refractivity contribution is -0.139. The largest absolute Gasteiger partial charge is 0.352 e. The predicted octanol–water partition coefficient (Wildman–Crippen LogP) is 2.73. The van der Waals surface area contributed by atoms with E-state index < -0.39 is 11.6 Å². The number of pyridine rings is 1. The maximum absolute atomic E-state index is 14.4. The summed E-state index contributed by atoms with van der Waals surface area (Å²) in [5.41, 5.74) is -0.161. The van der Waals surface area contributed by atoms with Crippen molar-refractivity contribution >= 4 is 45.0 Å². The monoisotopic (exact) mass is 526 g/mol. The number of rotatable bonds is 4. The molecule has 3 aromatic rings. The molecule has 0 aliphatic carbocycles. The zero-order chi connectivity index (χ0) is 21.6. The molecule has 30 heavy (non-hydrogen) atoms. The highest BCUT2D eigenvalue weighted by atomic mass is 127. The lowest BCUT2D eigenvalue weighted by Crippen LogP contribution is -2.31. The number of ether oxygens (including phenoxy) is 2. The number of hydrogen-bond acceptors (Lipinski definition) is 6. The van der Waals surface area contributed by atoms with Gasteiger partial charge in [0.15, 0.2) is 11.4 Å². The molecule has 1 aromatic carbocycles. The van der Waals surface area contributed by atoms with Crippen LogP contribution in [0, 0.1) is 9.39 Å². The number of aryl methyl sites for hydroxylation is 1. The van der Waals surface area contributed by atoms with Crippen LogP contribution >= 0.6 is 22.6 Å². The normalized spacial score (nSPS) is 18.1. The van der Waals surface area contributed by atoms with E-state index in [0.29, 0.717) is 6.61 Å². The highest BCUT2D eigenvalue weighted by molar-refractivity contribution is 14.1. The van der Waals surface area contributed by atoms with Gasteiger partial charge in [-0.1, -0.05) is 0 Å².